The third kappa shape index (κ3) is 6.26. The van der Waals surface area contributed by atoms with Gasteiger partial charge in [0, 0.05) is 26.2 Å². The normalized spacial score (nSPS) is 16.5. The number of rotatable bonds is 8. The first-order valence-electron chi connectivity index (χ1n) is 9.21. The minimum absolute atomic E-state index is 0.0446. The molecule has 1 aromatic rings. The Bertz CT molecular complexity index is 685. The molecule has 1 heterocycles. The van der Waals surface area contributed by atoms with Crippen molar-refractivity contribution in [1.82, 2.24) is 14.9 Å². The minimum atomic E-state index is -3.26. The average molecular weight is 383 g/mol. The number of guanidine groups is 1. The van der Waals surface area contributed by atoms with Crippen molar-refractivity contribution in [3.63, 3.8) is 0 Å². The molecule has 0 atom stereocenters. The quantitative estimate of drug-likeness (QED) is 0.517. The summed E-state index contributed by atoms with van der Waals surface area (Å²) < 4.78 is 31.4. The maximum atomic E-state index is 12.4. The number of aliphatic imine (C=N–C) groups is 1. The van der Waals surface area contributed by atoms with Crippen LogP contribution in [0.25, 0.3) is 0 Å². The third-order valence-electron chi connectivity index (χ3n) is 4.27. The van der Waals surface area contributed by atoms with E-state index in [9.17, 15) is 8.42 Å². The molecule has 0 unspecified atom stereocenters. The van der Waals surface area contributed by atoms with Crippen molar-refractivity contribution in [3.8, 4) is 0 Å². The van der Waals surface area contributed by atoms with Gasteiger partial charge in [0.05, 0.1) is 25.5 Å². The smallest absolute Gasteiger partial charge is 0.215 e. The second-order valence-corrected chi connectivity index (χ2v) is 8.16. The SMILES string of the molecule is CCNC(=NCc1ccccc1CC)NCCS(=O)(=O)N1CCOCC1. The molecule has 8 heteroatoms. The summed E-state index contributed by atoms with van der Waals surface area (Å²) in [6, 6.07) is 8.24. The summed E-state index contributed by atoms with van der Waals surface area (Å²) in [4.78, 5) is 4.59. The van der Waals surface area contributed by atoms with Crippen LogP contribution < -0.4 is 10.6 Å². The number of ether oxygens (including phenoxy) is 1. The highest BCUT2D eigenvalue weighted by Crippen LogP contribution is 2.10. The first-order chi connectivity index (χ1) is 12.6. The van der Waals surface area contributed by atoms with Crippen LogP contribution in [0, 0.1) is 0 Å². The highest BCUT2D eigenvalue weighted by molar-refractivity contribution is 7.89. The fourth-order valence-electron chi connectivity index (χ4n) is 2.81. The topological polar surface area (TPSA) is 83.0 Å². The van der Waals surface area contributed by atoms with Crippen molar-refractivity contribution >= 4 is 16.0 Å². The fraction of sp³-hybridized carbons (Fsp3) is 0.611. The predicted octanol–water partition coefficient (Wildman–Crippen LogP) is 0.966. The predicted molar refractivity (Wildman–Crippen MR) is 105 cm³/mol. The Labute approximate surface area is 156 Å². The molecule has 1 saturated heterocycles. The largest absolute Gasteiger partial charge is 0.379 e. The third-order valence-corrected chi connectivity index (χ3v) is 6.14. The zero-order valence-corrected chi connectivity index (χ0v) is 16.5. The summed E-state index contributed by atoms with van der Waals surface area (Å²) in [6.45, 7) is 7.52. The van der Waals surface area contributed by atoms with Gasteiger partial charge in [0.1, 0.15) is 0 Å². The van der Waals surface area contributed by atoms with Crippen LogP contribution in [0.5, 0.6) is 0 Å². The number of morpholine rings is 1. The standard InChI is InChI=1S/C18H30N4O3S/c1-3-16-7-5-6-8-17(16)15-21-18(19-4-2)20-9-14-26(23,24)22-10-12-25-13-11-22/h5-8H,3-4,9-15H2,1-2H3,(H2,19,20,21). The Morgan fingerprint density at radius 1 is 1.15 bits per heavy atom. The number of hydrogen-bond acceptors (Lipinski definition) is 4. The molecular weight excluding hydrogens is 352 g/mol. The fourth-order valence-corrected chi connectivity index (χ4v) is 4.14. The highest BCUT2D eigenvalue weighted by atomic mass is 32.2. The van der Waals surface area contributed by atoms with Gasteiger partial charge < -0.3 is 15.4 Å². The molecule has 1 fully saturated rings. The molecule has 0 amide bonds. The second-order valence-electron chi connectivity index (χ2n) is 6.07. The van der Waals surface area contributed by atoms with E-state index in [1.165, 1.54) is 15.4 Å². The molecule has 0 saturated carbocycles. The Kier molecular flexibility index (Phi) is 8.34. The van der Waals surface area contributed by atoms with Gasteiger partial charge in [-0.25, -0.2) is 13.4 Å². The Morgan fingerprint density at radius 2 is 1.85 bits per heavy atom. The molecule has 0 aromatic heterocycles. The lowest BCUT2D eigenvalue weighted by atomic mass is 10.1. The van der Waals surface area contributed by atoms with Crippen LogP contribution >= 0.6 is 0 Å². The summed E-state index contributed by atoms with van der Waals surface area (Å²) in [7, 11) is -3.26. The van der Waals surface area contributed by atoms with Gasteiger partial charge in [-0.1, -0.05) is 31.2 Å². The maximum Gasteiger partial charge on any atom is 0.215 e. The van der Waals surface area contributed by atoms with E-state index < -0.39 is 10.0 Å². The molecule has 7 nitrogen and oxygen atoms in total. The average Bonchev–Trinajstić information content (AvgIpc) is 2.67. The van der Waals surface area contributed by atoms with Crippen LogP contribution in [0.15, 0.2) is 29.3 Å². The van der Waals surface area contributed by atoms with E-state index >= 15 is 0 Å². The van der Waals surface area contributed by atoms with Gasteiger partial charge in [-0.15, -0.1) is 0 Å². The molecule has 146 valence electrons. The summed E-state index contributed by atoms with van der Waals surface area (Å²) >= 11 is 0. The molecule has 0 bridgehead atoms. The van der Waals surface area contributed by atoms with Crippen molar-refractivity contribution in [3.05, 3.63) is 35.4 Å². The number of benzene rings is 1. The lowest BCUT2D eigenvalue weighted by Crippen LogP contribution is -2.45. The number of sulfonamides is 1. The summed E-state index contributed by atoms with van der Waals surface area (Å²) in [5.41, 5.74) is 2.47. The second kappa shape index (κ2) is 10.5. The van der Waals surface area contributed by atoms with Gasteiger partial charge in [-0.3, -0.25) is 0 Å². The van der Waals surface area contributed by atoms with Gasteiger partial charge >= 0.3 is 0 Å². The zero-order valence-electron chi connectivity index (χ0n) is 15.7. The van der Waals surface area contributed by atoms with Crippen LogP contribution in [0.2, 0.25) is 0 Å². The van der Waals surface area contributed by atoms with E-state index in [-0.39, 0.29) is 5.75 Å². The van der Waals surface area contributed by atoms with Gasteiger partial charge in [0.2, 0.25) is 10.0 Å². The molecule has 2 N–H and O–H groups in total. The van der Waals surface area contributed by atoms with Crippen LogP contribution in [0.1, 0.15) is 25.0 Å². The molecule has 26 heavy (non-hydrogen) atoms. The van der Waals surface area contributed by atoms with Gasteiger partial charge in [0.15, 0.2) is 5.96 Å². The number of nitrogens with one attached hydrogen (secondary N) is 2. The van der Waals surface area contributed by atoms with Crippen LogP contribution in [0.3, 0.4) is 0 Å². The monoisotopic (exact) mass is 382 g/mol. The van der Waals surface area contributed by atoms with Crippen molar-refractivity contribution in [2.24, 2.45) is 4.99 Å². The Balaban J connectivity index is 1.91. The highest BCUT2D eigenvalue weighted by Gasteiger charge is 2.23. The lowest BCUT2D eigenvalue weighted by molar-refractivity contribution is 0.0730. The van der Waals surface area contributed by atoms with E-state index in [4.69, 9.17) is 4.74 Å². The van der Waals surface area contributed by atoms with Crippen LogP contribution in [-0.4, -0.2) is 63.8 Å². The van der Waals surface area contributed by atoms with E-state index in [1.54, 1.807) is 0 Å². The summed E-state index contributed by atoms with van der Waals surface area (Å²) in [5.74, 6) is 0.679. The number of nitrogens with zero attached hydrogens (tertiary/aromatic N) is 2. The van der Waals surface area contributed by atoms with Gasteiger partial charge in [-0.2, -0.15) is 4.31 Å². The van der Waals surface area contributed by atoms with Crippen LogP contribution in [-0.2, 0) is 27.7 Å². The molecule has 0 spiro atoms. The van der Waals surface area contributed by atoms with E-state index in [0.29, 0.717) is 45.4 Å². The molecule has 2 rings (SSSR count). The number of aryl methyl sites for hydroxylation is 1. The van der Waals surface area contributed by atoms with Crippen molar-refractivity contribution in [1.29, 1.82) is 0 Å². The van der Waals surface area contributed by atoms with E-state index in [1.807, 2.05) is 19.1 Å². The molecule has 0 aliphatic carbocycles. The van der Waals surface area contributed by atoms with Crippen molar-refractivity contribution < 1.29 is 13.2 Å². The maximum absolute atomic E-state index is 12.4. The number of hydrogen-bond donors (Lipinski definition) is 2. The first kappa shape index (κ1) is 20.7. The van der Waals surface area contributed by atoms with Crippen molar-refractivity contribution in [2.75, 3.05) is 45.1 Å². The summed E-state index contributed by atoms with van der Waals surface area (Å²) in [6.07, 6.45) is 0.966. The van der Waals surface area contributed by atoms with Gasteiger partial charge in [-0.05, 0) is 24.5 Å². The van der Waals surface area contributed by atoms with Crippen molar-refractivity contribution in [2.45, 2.75) is 26.8 Å². The Hall–Kier alpha value is -1.64. The molecule has 0 radical (unpaired) electrons. The van der Waals surface area contributed by atoms with Gasteiger partial charge in [0.25, 0.3) is 0 Å². The van der Waals surface area contributed by atoms with E-state index in [0.717, 1.165) is 13.0 Å². The zero-order chi connectivity index (χ0) is 18.8. The first-order valence-corrected chi connectivity index (χ1v) is 10.8. The lowest BCUT2D eigenvalue weighted by Gasteiger charge is -2.26. The molecule has 1 aliphatic heterocycles. The molecule has 1 aromatic carbocycles. The molecule has 1 aliphatic rings. The summed E-state index contributed by atoms with van der Waals surface area (Å²) in [5, 5.41) is 6.29. The van der Waals surface area contributed by atoms with Crippen LogP contribution in [0.4, 0.5) is 0 Å². The van der Waals surface area contributed by atoms with E-state index in [2.05, 4.69) is 34.7 Å². The Morgan fingerprint density at radius 3 is 2.50 bits per heavy atom. The minimum Gasteiger partial charge on any atom is -0.379 e. The molecular formula is C18H30N4O3S.